The molecule has 4 heavy (non-hydrogen) atoms. The summed E-state index contributed by atoms with van der Waals surface area (Å²) in [5, 5.41) is 0. The SMILES string of the molecule is C[S+](C)Br. The number of rotatable bonds is 0. The number of hydrogen-bond donors (Lipinski definition) is 0. The van der Waals surface area contributed by atoms with Crippen molar-refractivity contribution in [3.8, 4) is 0 Å². The van der Waals surface area contributed by atoms with E-state index in [-0.39, 0.29) is 0 Å². The molecule has 0 rings (SSSR count). The van der Waals surface area contributed by atoms with Gasteiger partial charge in [-0.2, -0.15) is 0 Å². The quantitative estimate of drug-likeness (QED) is 0.445. The highest BCUT2D eigenvalue weighted by molar-refractivity contribution is 9.48. The normalized spacial score (nSPS) is 9.00. The van der Waals surface area contributed by atoms with Gasteiger partial charge >= 0.3 is 0 Å². The third-order valence-electron chi connectivity index (χ3n) is 0. The van der Waals surface area contributed by atoms with Crippen molar-refractivity contribution in [1.29, 1.82) is 0 Å². The number of hydrogen-bond acceptors (Lipinski definition) is 0. The van der Waals surface area contributed by atoms with E-state index in [1.807, 2.05) is 0 Å². The Labute approximate surface area is 37.1 Å². The molecule has 0 nitrogen and oxygen atoms in total. The molecule has 0 atom stereocenters. The van der Waals surface area contributed by atoms with Gasteiger partial charge in [0.1, 0.15) is 12.5 Å². The lowest BCUT2D eigenvalue weighted by molar-refractivity contribution is 2.34. The van der Waals surface area contributed by atoms with Crippen molar-refractivity contribution in [2.24, 2.45) is 0 Å². The summed E-state index contributed by atoms with van der Waals surface area (Å²) < 4.78 is 0. The predicted molar refractivity (Wildman–Crippen MR) is 28.1 cm³/mol. The maximum atomic E-state index is 3.30. The molecule has 0 amide bonds. The van der Waals surface area contributed by atoms with Gasteiger partial charge in [-0.15, -0.1) is 0 Å². The van der Waals surface area contributed by atoms with Gasteiger partial charge in [0.15, 0.2) is 0 Å². The van der Waals surface area contributed by atoms with Crippen molar-refractivity contribution in [3.63, 3.8) is 0 Å². The Morgan fingerprint density at radius 1 is 1.50 bits per heavy atom. The first-order chi connectivity index (χ1) is 1.73. The molecule has 0 aliphatic rings. The van der Waals surface area contributed by atoms with Crippen LogP contribution in [0.2, 0.25) is 0 Å². The lowest BCUT2D eigenvalue weighted by atomic mass is 11.9. The summed E-state index contributed by atoms with van der Waals surface area (Å²) in [5.41, 5.74) is 0. The molecular formula is C2H6BrS+. The molecule has 0 aromatic rings. The lowest BCUT2D eigenvalue weighted by Gasteiger charge is -1.63. The van der Waals surface area contributed by atoms with Gasteiger partial charge in [-0.1, -0.05) is 0 Å². The second kappa shape index (κ2) is 2.09. The predicted octanol–water partition coefficient (Wildman–Crippen LogP) is 1.17. The topological polar surface area (TPSA) is 0 Å². The van der Waals surface area contributed by atoms with E-state index in [9.17, 15) is 0 Å². The molecule has 0 heterocycles. The van der Waals surface area contributed by atoms with Crippen molar-refractivity contribution < 1.29 is 0 Å². The Morgan fingerprint density at radius 3 is 1.50 bits per heavy atom. The zero-order valence-electron chi connectivity index (χ0n) is 2.79. The van der Waals surface area contributed by atoms with Crippen molar-refractivity contribution in [3.05, 3.63) is 0 Å². The van der Waals surface area contributed by atoms with Crippen LogP contribution in [0.5, 0.6) is 0 Å². The maximum Gasteiger partial charge on any atom is 0.231 e. The summed E-state index contributed by atoms with van der Waals surface area (Å²) in [6.45, 7) is 0. The van der Waals surface area contributed by atoms with Crippen LogP contribution in [0, 0.1) is 0 Å². The van der Waals surface area contributed by atoms with Crippen LogP contribution in [-0.4, -0.2) is 12.5 Å². The number of halogens is 1. The van der Waals surface area contributed by atoms with Crippen LogP contribution in [0.4, 0.5) is 0 Å². The van der Waals surface area contributed by atoms with Crippen molar-refractivity contribution in [2.45, 2.75) is 0 Å². The van der Waals surface area contributed by atoms with Gasteiger partial charge in [0.25, 0.3) is 0 Å². The Balaban J connectivity index is 2.32. The molecule has 0 saturated carbocycles. The van der Waals surface area contributed by atoms with E-state index in [4.69, 9.17) is 0 Å². The van der Waals surface area contributed by atoms with Gasteiger partial charge < -0.3 is 0 Å². The van der Waals surface area contributed by atoms with Gasteiger partial charge in [0.2, 0.25) is 14.8 Å². The largest absolute Gasteiger partial charge is 0.231 e. The third-order valence-corrected chi connectivity index (χ3v) is 0. The van der Waals surface area contributed by atoms with Crippen LogP contribution < -0.4 is 0 Å². The van der Waals surface area contributed by atoms with E-state index in [2.05, 4.69) is 27.3 Å². The zero-order chi connectivity index (χ0) is 3.58. The second-order valence-electron chi connectivity index (χ2n) is 0.717. The van der Waals surface area contributed by atoms with Gasteiger partial charge in [0, 0.05) is 0 Å². The van der Waals surface area contributed by atoms with Gasteiger partial charge in [-0.05, 0) is 0 Å². The fourth-order valence-corrected chi connectivity index (χ4v) is 0. The highest BCUT2D eigenvalue weighted by Gasteiger charge is 1.84. The molecule has 2 heteroatoms. The van der Waals surface area contributed by atoms with E-state index in [0.29, 0.717) is 9.33 Å². The fourth-order valence-electron chi connectivity index (χ4n) is 0. The first-order valence-corrected chi connectivity index (χ1v) is 4.85. The van der Waals surface area contributed by atoms with E-state index in [1.165, 1.54) is 0 Å². The third kappa shape index (κ3) is 13.8. The Bertz CT molecular complexity index is 10.8. The Kier molecular flexibility index (Phi) is 2.52. The van der Waals surface area contributed by atoms with Crippen LogP contribution in [0.25, 0.3) is 0 Å². The minimum atomic E-state index is 0.451. The monoisotopic (exact) mass is 141 g/mol. The Hall–Kier alpha value is 0.830. The van der Waals surface area contributed by atoms with E-state index < -0.39 is 0 Å². The fraction of sp³-hybridized carbons (Fsp3) is 1.00. The molecule has 0 aromatic heterocycles. The molecular weight excluding hydrogens is 136 g/mol. The molecule has 0 aliphatic heterocycles. The molecule has 0 bridgehead atoms. The van der Waals surface area contributed by atoms with Crippen LogP contribution in [-0.2, 0) is 9.33 Å². The van der Waals surface area contributed by atoms with Crippen LogP contribution in [0.15, 0.2) is 0 Å². The van der Waals surface area contributed by atoms with Gasteiger partial charge in [0.05, 0.1) is 9.33 Å². The molecule has 26 valence electrons. The minimum Gasteiger partial charge on any atom is 0.0581 e. The average Bonchev–Trinajstić information content (AvgIpc) is 0.811. The van der Waals surface area contributed by atoms with Crippen molar-refractivity contribution >= 4 is 24.1 Å². The van der Waals surface area contributed by atoms with Crippen molar-refractivity contribution in [2.75, 3.05) is 12.5 Å². The summed E-state index contributed by atoms with van der Waals surface area (Å²) in [5.74, 6) is 0. The molecule has 0 aliphatic carbocycles. The van der Waals surface area contributed by atoms with Gasteiger partial charge in [-0.3, -0.25) is 0 Å². The molecule has 0 N–H and O–H groups in total. The molecule has 0 radical (unpaired) electrons. The average molecular weight is 142 g/mol. The Morgan fingerprint density at radius 2 is 1.50 bits per heavy atom. The first kappa shape index (κ1) is 4.83. The molecule has 0 aromatic carbocycles. The van der Waals surface area contributed by atoms with E-state index in [0.717, 1.165) is 0 Å². The smallest absolute Gasteiger partial charge is 0.0581 e. The van der Waals surface area contributed by atoms with Crippen LogP contribution in [0.3, 0.4) is 0 Å². The summed E-state index contributed by atoms with van der Waals surface area (Å²) in [7, 11) is 0.451. The maximum absolute atomic E-state index is 3.30. The lowest BCUT2D eigenvalue weighted by Crippen LogP contribution is -1.71. The highest BCUT2D eigenvalue weighted by Crippen LogP contribution is 1.90. The minimum absolute atomic E-state index is 0.451. The second-order valence-corrected chi connectivity index (χ2v) is 6.04. The van der Waals surface area contributed by atoms with Crippen LogP contribution in [0.1, 0.15) is 0 Å². The van der Waals surface area contributed by atoms with Crippen molar-refractivity contribution in [1.82, 2.24) is 0 Å². The van der Waals surface area contributed by atoms with E-state index >= 15 is 0 Å². The molecule has 0 unspecified atom stereocenters. The van der Waals surface area contributed by atoms with Crippen LogP contribution >= 0.6 is 14.8 Å². The summed E-state index contributed by atoms with van der Waals surface area (Å²) in [6, 6.07) is 0. The highest BCUT2D eigenvalue weighted by atomic mass is 79.9. The molecule has 0 fully saturated rings. The van der Waals surface area contributed by atoms with Gasteiger partial charge in [-0.25, -0.2) is 0 Å². The molecule has 0 saturated heterocycles. The summed E-state index contributed by atoms with van der Waals surface area (Å²) >= 11 is 3.30. The zero-order valence-corrected chi connectivity index (χ0v) is 5.19. The standard InChI is InChI=1S/C2H6BrS/c1-4(2)3/h1-2H3/q+1. The molecule has 0 spiro atoms. The summed E-state index contributed by atoms with van der Waals surface area (Å²) in [6.07, 6.45) is 4.22. The first-order valence-electron chi connectivity index (χ1n) is 0.971. The van der Waals surface area contributed by atoms with E-state index in [1.54, 1.807) is 0 Å². The summed E-state index contributed by atoms with van der Waals surface area (Å²) in [4.78, 5) is 0.